The van der Waals surface area contributed by atoms with Crippen LogP contribution in [0.1, 0.15) is 30.0 Å². The first kappa shape index (κ1) is 16.0. The molecule has 112 valence electrons. The van der Waals surface area contributed by atoms with Crippen molar-refractivity contribution in [3.05, 3.63) is 83.4 Å². The molecule has 0 spiro atoms. The maximum Gasteiger partial charge on any atom is -0.0111 e. The van der Waals surface area contributed by atoms with E-state index in [-0.39, 0.29) is 6.15 Å². The summed E-state index contributed by atoms with van der Waals surface area (Å²) in [5.74, 6) is 0. The van der Waals surface area contributed by atoms with Crippen molar-refractivity contribution in [3.8, 4) is 0 Å². The number of benzene rings is 3. The lowest BCUT2D eigenvalue weighted by Crippen LogP contribution is -1.83. The largest absolute Gasteiger partial charge is 0.344 e. The molecule has 1 nitrogen and oxygen atoms in total. The molecule has 0 unspecified atom stereocenters. The van der Waals surface area contributed by atoms with Crippen molar-refractivity contribution >= 4 is 22.9 Å². The molecule has 1 heteroatoms. The lowest BCUT2D eigenvalue weighted by atomic mass is 10.0. The molecule has 3 aromatic rings. The highest BCUT2D eigenvalue weighted by molar-refractivity contribution is 5.92. The standard InChI is InChI=1S/C21H20.H3N/c1-2-7-17-8-5-9-18(16-17)14-15-20-12-6-11-19-10-3-4-13-21(19)20;/h3-6,8-16H,2,7H2,1H3;1H3. The van der Waals surface area contributed by atoms with Crippen LogP contribution in [0, 0.1) is 0 Å². The van der Waals surface area contributed by atoms with Gasteiger partial charge in [0, 0.05) is 0 Å². The molecule has 0 aliphatic heterocycles. The van der Waals surface area contributed by atoms with E-state index >= 15 is 0 Å². The minimum absolute atomic E-state index is 0. The monoisotopic (exact) mass is 289 g/mol. The molecule has 3 rings (SSSR count). The van der Waals surface area contributed by atoms with Gasteiger partial charge in [0.15, 0.2) is 0 Å². The summed E-state index contributed by atoms with van der Waals surface area (Å²) in [7, 11) is 0. The number of fused-ring (bicyclic) bond motifs is 1. The van der Waals surface area contributed by atoms with Crippen LogP contribution in [-0.4, -0.2) is 0 Å². The van der Waals surface area contributed by atoms with Gasteiger partial charge in [-0.25, -0.2) is 0 Å². The van der Waals surface area contributed by atoms with Crippen molar-refractivity contribution in [1.29, 1.82) is 0 Å². The number of hydrogen-bond donors (Lipinski definition) is 1. The molecule has 0 aromatic heterocycles. The Balaban J connectivity index is 0.00000176. The van der Waals surface area contributed by atoms with Gasteiger partial charge >= 0.3 is 0 Å². The van der Waals surface area contributed by atoms with Gasteiger partial charge in [-0.3, -0.25) is 0 Å². The van der Waals surface area contributed by atoms with E-state index in [4.69, 9.17) is 0 Å². The molecule has 0 heterocycles. The predicted molar refractivity (Wildman–Crippen MR) is 98.3 cm³/mol. The molecule has 0 atom stereocenters. The Bertz CT molecular complexity index is 766. The predicted octanol–water partition coefficient (Wildman–Crippen LogP) is 6.12. The first-order chi connectivity index (χ1) is 10.4. The van der Waals surface area contributed by atoms with Crippen LogP contribution in [0.2, 0.25) is 0 Å². The second-order valence-electron chi connectivity index (χ2n) is 5.40. The quantitative estimate of drug-likeness (QED) is 0.576. The Labute approximate surface area is 132 Å². The van der Waals surface area contributed by atoms with E-state index in [1.165, 1.54) is 33.9 Å². The normalized spacial score (nSPS) is 10.8. The van der Waals surface area contributed by atoms with Crippen LogP contribution in [0.25, 0.3) is 22.9 Å². The maximum absolute atomic E-state index is 2.28. The second-order valence-corrected chi connectivity index (χ2v) is 5.40. The second kappa shape index (κ2) is 7.58. The van der Waals surface area contributed by atoms with Gasteiger partial charge in [0.25, 0.3) is 0 Å². The zero-order valence-electron chi connectivity index (χ0n) is 13.1. The van der Waals surface area contributed by atoms with Crippen LogP contribution < -0.4 is 6.15 Å². The SMILES string of the molecule is CCCc1cccc(C=Cc2cccc3ccccc23)c1.N. The fourth-order valence-electron chi connectivity index (χ4n) is 2.72. The van der Waals surface area contributed by atoms with Gasteiger partial charge in [0.2, 0.25) is 0 Å². The molecule has 3 aromatic carbocycles. The van der Waals surface area contributed by atoms with Crippen molar-refractivity contribution in [1.82, 2.24) is 6.15 Å². The summed E-state index contributed by atoms with van der Waals surface area (Å²) in [5.41, 5.74) is 3.96. The molecule has 0 saturated heterocycles. The van der Waals surface area contributed by atoms with Crippen molar-refractivity contribution in [2.24, 2.45) is 0 Å². The first-order valence-corrected chi connectivity index (χ1v) is 7.61. The van der Waals surface area contributed by atoms with E-state index in [1.807, 2.05) is 0 Å². The Kier molecular flexibility index (Phi) is 5.51. The molecule has 0 radical (unpaired) electrons. The van der Waals surface area contributed by atoms with E-state index in [0.29, 0.717) is 0 Å². The summed E-state index contributed by atoms with van der Waals surface area (Å²) >= 11 is 0. The van der Waals surface area contributed by atoms with Gasteiger partial charge in [-0.2, -0.15) is 0 Å². The highest BCUT2D eigenvalue weighted by Gasteiger charge is 1.97. The molecule has 0 fully saturated rings. The van der Waals surface area contributed by atoms with E-state index in [9.17, 15) is 0 Å². The summed E-state index contributed by atoms with van der Waals surface area (Å²) in [4.78, 5) is 0. The molecule has 0 bridgehead atoms. The van der Waals surface area contributed by atoms with Gasteiger partial charge in [0.1, 0.15) is 0 Å². The van der Waals surface area contributed by atoms with Crippen LogP contribution in [0.15, 0.2) is 66.7 Å². The Morgan fingerprint density at radius 1 is 0.818 bits per heavy atom. The summed E-state index contributed by atoms with van der Waals surface area (Å²) in [5, 5.41) is 2.60. The van der Waals surface area contributed by atoms with Crippen LogP contribution in [0.3, 0.4) is 0 Å². The molecule has 22 heavy (non-hydrogen) atoms. The average molecular weight is 289 g/mol. The molecular formula is C21H23N. The third-order valence-corrected chi connectivity index (χ3v) is 3.77. The van der Waals surface area contributed by atoms with Gasteiger partial charge < -0.3 is 6.15 Å². The van der Waals surface area contributed by atoms with E-state index in [0.717, 1.165) is 6.42 Å². The Morgan fingerprint density at radius 2 is 1.59 bits per heavy atom. The third kappa shape index (κ3) is 3.63. The Hall–Kier alpha value is -2.38. The number of aryl methyl sites for hydroxylation is 1. The van der Waals surface area contributed by atoms with Gasteiger partial charge in [-0.05, 0) is 33.9 Å². The summed E-state index contributed by atoms with van der Waals surface area (Å²) in [6.45, 7) is 2.22. The first-order valence-electron chi connectivity index (χ1n) is 7.61. The topological polar surface area (TPSA) is 35.0 Å². The van der Waals surface area contributed by atoms with Crippen LogP contribution in [0.4, 0.5) is 0 Å². The molecule has 0 aliphatic rings. The number of hydrogen-bond acceptors (Lipinski definition) is 1. The van der Waals surface area contributed by atoms with Gasteiger partial charge in [-0.15, -0.1) is 0 Å². The van der Waals surface area contributed by atoms with E-state index in [1.54, 1.807) is 0 Å². The smallest absolute Gasteiger partial charge is 0.0111 e. The van der Waals surface area contributed by atoms with E-state index < -0.39 is 0 Å². The highest BCUT2D eigenvalue weighted by Crippen LogP contribution is 2.21. The van der Waals surface area contributed by atoms with Crippen molar-refractivity contribution in [2.75, 3.05) is 0 Å². The van der Waals surface area contributed by atoms with Crippen LogP contribution in [-0.2, 0) is 6.42 Å². The van der Waals surface area contributed by atoms with Crippen molar-refractivity contribution in [3.63, 3.8) is 0 Å². The molecule has 0 amide bonds. The van der Waals surface area contributed by atoms with Crippen LogP contribution >= 0.6 is 0 Å². The lowest BCUT2D eigenvalue weighted by Gasteiger charge is -2.03. The zero-order valence-corrected chi connectivity index (χ0v) is 13.1. The van der Waals surface area contributed by atoms with Gasteiger partial charge in [-0.1, -0.05) is 92.2 Å². The van der Waals surface area contributed by atoms with E-state index in [2.05, 4.69) is 85.8 Å². The molecule has 0 aliphatic carbocycles. The fourth-order valence-corrected chi connectivity index (χ4v) is 2.72. The van der Waals surface area contributed by atoms with Crippen molar-refractivity contribution in [2.45, 2.75) is 19.8 Å². The van der Waals surface area contributed by atoms with Crippen molar-refractivity contribution < 1.29 is 0 Å². The Morgan fingerprint density at radius 3 is 2.45 bits per heavy atom. The minimum atomic E-state index is 0. The summed E-state index contributed by atoms with van der Waals surface area (Å²) in [6.07, 6.45) is 6.76. The maximum atomic E-state index is 2.28. The zero-order chi connectivity index (χ0) is 14.5. The van der Waals surface area contributed by atoms with Gasteiger partial charge in [0.05, 0.1) is 0 Å². The number of rotatable bonds is 4. The summed E-state index contributed by atoms with van der Waals surface area (Å²) in [6, 6.07) is 23.8. The minimum Gasteiger partial charge on any atom is -0.344 e. The highest BCUT2D eigenvalue weighted by atomic mass is 14.0. The average Bonchev–Trinajstić information content (AvgIpc) is 2.53. The fraction of sp³-hybridized carbons (Fsp3) is 0.143. The summed E-state index contributed by atoms with van der Waals surface area (Å²) < 4.78 is 0. The molecule has 0 saturated carbocycles. The molecule has 3 N–H and O–H groups in total. The lowest BCUT2D eigenvalue weighted by molar-refractivity contribution is 0.921. The third-order valence-electron chi connectivity index (χ3n) is 3.77. The van der Waals surface area contributed by atoms with Crippen LogP contribution in [0.5, 0.6) is 0 Å². The molecular weight excluding hydrogens is 266 g/mol.